The first kappa shape index (κ1) is 21.0. The smallest absolute Gasteiger partial charge is 0.251 e. The molecule has 0 atom stereocenters. The SMILES string of the molecule is COc1ccc(C)cc1CCNC(=O)c1cc(NC(C)=O)cc(NC(C)=O)c1. The zero-order valence-electron chi connectivity index (χ0n) is 16.5. The van der Waals surface area contributed by atoms with Crippen LogP contribution in [0.2, 0.25) is 0 Å². The minimum Gasteiger partial charge on any atom is -0.496 e. The molecule has 3 N–H and O–H groups in total. The summed E-state index contributed by atoms with van der Waals surface area (Å²) < 4.78 is 5.35. The molecule has 0 unspecified atom stereocenters. The van der Waals surface area contributed by atoms with Gasteiger partial charge in [0.15, 0.2) is 0 Å². The van der Waals surface area contributed by atoms with E-state index in [1.807, 2.05) is 25.1 Å². The van der Waals surface area contributed by atoms with Crippen LogP contribution in [0.4, 0.5) is 11.4 Å². The Bertz CT molecular complexity index is 859. The van der Waals surface area contributed by atoms with Crippen molar-refractivity contribution >= 4 is 29.1 Å². The van der Waals surface area contributed by atoms with Gasteiger partial charge < -0.3 is 20.7 Å². The Kier molecular flexibility index (Phi) is 7.14. The topological polar surface area (TPSA) is 96.5 Å². The number of amides is 3. The maximum Gasteiger partial charge on any atom is 0.251 e. The maximum absolute atomic E-state index is 12.6. The summed E-state index contributed by atoms with van der Waals surface area (Å²) in [5, 5.41) is 8.12. The van der Waals surface area contributed by atoms with Crippen LogP contribution in [0.1, 0.15) is 35.3 Å². The van der Waals surface area contributed by atoms with Gasteiger partial charge in [-0.1, -0.05) is 17.7 Å². The van der Waals surface area contributed by atoms with Gasteiger partial charge in [-0.2, -0.15) is 0 Å². The molecule has 0 aliphatic rings. The molecule has 0 bridgehead atoms. The molecule has 2 rings (SSSR count). The molecule has 7 heteroatoms. The molecule has 3 amide bonds. The monoisotopic (exact) mass is 383 g/mol. The Balaban J connectivity index is 2.11. The number of aryl methyl sites for hydroxylation is 1. The summed E-state index contributed by atoms with van der Waals surface area (Å²) in [4.78, 5) is 35.2. The lowest BCUT2D eigenvalue weighted by Gasteiger charge is -2.12. The van der Waals surface area contributed by atoms with Crippen LogP contribution in [0.5, 0.6) is 5.75 Å². The lowest BCUT2D eigenvalue weighted by molar-refractivity contribution is -0.115. The second kappa shape index (κ2) is 9.55. The van der Waals surface area contributed by atoms with Crippen molar-refractivity contribution in [2.75, 3.05) is 24.3 Å². The van der Waals surface area contributed by atoms with Crippen LogP contribution in [-0.4, -0.2) is 31.4 Å². The largest absolute Gasteiger partial charge is 0.496 e. The van der Waals surface area contributed by atoms with Gasteiger partial charge >= 0.3 is 0 Å². The minimum absolute atomic E-state index is 0.266. The number of nitrogens with one attached hydrogen (secondary N) is 3. The van der Waals surface area contributed by atoms with E-state index in [0.29, 0.717) is 29.9 Å². The fourth-order valence-corrected chi connectivity index (χ4v) is 2.83. The van der Waals surface area contributed by atoms with Crippen LogP contribution < -0.4 is 20.7 Å². The predicted molar refractivity (Wildman–Crippen MR) is 109 cm³/mol. The van der Waals surface area contributed by atoms with E-state index in [1.54, 1.807) is 25.3 Å². The maximum atomic E-state index is 12.6. The number of benzene rings is 2. The lowest BCUT2D eigenvalue weighted by atomic mass is 10.1. The molecule has 7 nitrogen and oxygen atoms in total. The quantitative estimate of drug-likeness (QED) is 0.685. The number of carbonyl (C=O) groups is 3. The third kappa shape index (κ3) is 6.12. The fourth-order valence-electron chi connectivity index (χ4n) is 2.83. The first-order valence-corrected chi connectivity index (χ1v) is 8.90. The standard InChI is InChI=1S/C21H25N3O4/c1-13-5-6-20(28-4)16(9-13)7-8-22-21(27)17-10-18(23-14(2)25)12-19(11-17)24-15(3)26/h5-6,9-12H,7-8H2,1-4H3,(H,22,27)(H,23,25)(H,24,26). The van der Waals surface area contributed by atoms with Crippen molar-refractivity contribution in [2.24, 2.45) is 0 Å². The highest BCUT2D eigenvalue weighted by molar-refractivity contribution is 5.99. The molecule has 0 saturated heterocycles. The highest BCUT2D eigenvalue weighted by Gasteiger charge is 2.11. The Morgan fingerprint density at radius 1 is 0.929 bits per heavy atom. The van der Waals surface area contributed by atoms with Crippen molar-refractivity contribution in [1.29, 1.82) is 0 Å². The second-order valence-corrected chi connectivity index (χ2v) is 6.48. The summed E-state index contributed by atoms with van der Waals surface area (Å²) in [6.07, 6.45) is 0.612. The van der Waals surface area contributed by atoms with E-state index in [-0.39, 0.29) is 17.7 Å². The zero-order chi connectivity index (χ0) is 20.7. The van der Waals surface area contributed by atoms with Crippen LogP contribution >= 0.6 is 0 Å². The van der Waals surface area contributed by atoms with Gasteiger partial charge in [-0.3, -0.25) is 14.4 Å². The molecule has 0 saturated carbocycles. The molecule has 0 radical (unpaired) electrons. The molecular formula is C21H25N3O4. The van der Waals surface area contributed by atoms with Crippen LogP contribution in [-0.2, 0) is 16.0 Å². The van der Waals surface area contributed by atoms with Gasteiger partial charge in [0.2, 0.25) is 11.8 Å². The number of carbonyl (C=O) groups excluding carboxylic acids is 3. The predicted octanol–water partition coefficient (Wildman–Crippen LogP) is 2.89. The third-order valence-corrected chi connectivity index (χ3v) is 3.95. The van der Waals surface area contributed by atoms with Crippen molar-refractivity contribution in [3.63, 3.8) is 0 Å². The van der Waals surface area contributed by atoms with Crippen LogP contribution in [0.15, 0.2) is 36.4 Å². The number of rotatable bonds is 7. The Hall–Kier alpha value is -3.35. The number of ether oxygens (including phenoxy) is 1. The first-order valence-electron chi connectivity index (χ1n) is 8.90. The average Bonchev–Trinajstić information content (AvgIpc) is 2.60. The normalized spacial score (nSPS) is 10.1. The van der Waals surface area contributed by atoms with Gasteiger partial charge in [0.25, 0.3) is 5.91 Å². The number of methoxy groups -OCH3 is 1. The van der Waals surface area contributed by atoms with Gasteiger partial charge in [0.05, 0.1) is 7.11 Å². The lowest BCUT2D eigenvalue weighted by Crippen LogP contribution is -2.26. The molecule has 0 aromatic heterocycles. The molecule has 0 heterocycles. The van der Waals surface area contributed by atoms with Crippen LogP contribution in [0, 0.1) is 6.92 Å². The molecule has 0 aliphatic carbocycles. The molecular weight excluding hydrogens is 358 g/mol. The minimum atomic E-state index is -0.301. The first-order chi connectivity index (χ1) is 13.3. The number of hydrogen-bond donors (Lipinski definition) is 3. The van der Waals surface area contributed by atoms with E-state index in [4.69, 9.17) is 4.74 Å². The van der Waals surface area contributed by atoms with Gasteiger partial charge in [0, 0.05) is 37.3 Å². The van der Waals surface area contributed by atoms with Crippen molar-refractivity contribution < 1.29 is 19.1 Å². The summed E-state index contributed by atoms with van der Waals surface area (Å²) in [5.41, 5.74) is 3.33. The van der Waals surface area contributed by atoms with Crippen LogP contribution in [0.3, 0.4) is 0 Å². The highest BCUT2D eigenvalue weighted by Crippen LogP contribution is 2.21. The van der Waals surface area contributed by atoms with Crippen molar-refractivity contribution in [1.82, 2.24) is 5.32 Å². The summed E-state index contributed by atoms with van der Waals surface area (Å²) in [6.45, 7) is 5.16. The molecule has 2 aromatic rings. The van der Waals surface area contributed by atoms with E-state index in [2.05, 4.69) is 16.0 Å². The summed E-state index contributed by atoms with van der Waals surface area (Å²) in [6, 6.07) is 10.6. The highest BCUT2D eigenvalue weighted by atomic mass is 16.5. The van der Waals surface area contributed by atoms with Crippen molar-refractivity contribution in [3.8, 4) is 5.75 Å². The van der Waals surface area contributed by atoms with Gasteiger partial charge in [-0.05, 0) is 43.2 Å². The molecule has 0 fully saturated rings. The summed E-state index contributed by atoms with van der Waals surface area (Å²) in [7, 11) is 1.61. The molecule has 2 aromatic carbocycles. The molecule has 0 aliphatic heterocycles. The van der Waals surface area contributed by atoms with Crippen molar-refractivity contribution in [3.05, 3.63) is 53.1 Å². The molecule has 0 spiro atoms. The second-order valence-electron chi connectivity index (χ2n) is 6.48. The Labute approximate surface area is 164 Å². The fraction of sp³-hybridized carbons (Fsp3) is 0.286. The van der Waals surface area contributed by atoms with E-state index in [1.165, 1.54) is 13.8 Å². The Morgan fingerprint density at radius 2 is 1.54 bits per heavy atom. The molecule has 28 heavy (non-hydrogen) atoms. The van der Waals surface area contributed by atoms with Gasteiger partial charge in [-0.15, -0.1) is 0 Å². The third-order valence-electron chi connectivity index (χ3n) is 3.95. The number of anilines is 2. The van der Waals surface area contributed by atoms with E-state index in [9.17, 15) is 14.4 Å². The van der Waals surface area contributed by atoms with E-state index in [0.717, 1.165) is 16.9 Å². The van der Waals surface area contributed by atoms with Crippen molar-refractivity contribution in [2.45, 2.75) is 27.2 Å². The Morgan fingerprint density at radius 3 is 2.07 bits per heavy atom. The van der Waals surface area contributed by atoms with Crippen LogP contribution in [0.25, 0.3) is 0 Å². The van der Waals surface area contributed by atoms with E-state index < -0.39 is 0 Å². The van der Waals surface area contributed by atoms with Gasteiger partial charge in [-0.25, -0.2) is 0 Å². The average molecular weight is 383 g/mol. The van der Waals surface area contributed by atoms with E-state index >= 15 is 0 Å². The summed E-state index contributed by atoms with van der Waals surface area (Å²) in [5.74, 6) is -0.0541. The van der Waals surface area contributed by atoms with Gasteiger partial charge in [0.1, 0.15) is 5.75 Å². The number of hydrogen-bond acceptors (Lipinski definition) is 4. The summed E-state index contributed by atoms with van der Waals surface area (Å²) >= 11 is 0. The zero-order valence-corrected chi connectivity index (χ0v) is 16.5. The molecule has 148 valence electrons.